The van der Waals surface area contributed by atoms with Gasteiger partial charge in [-0.15, -0.1) is 0 Å². The molecular formula is C11H21N5OS. The number of nitrogens with one attached hydrogen (secondary N) is 1. The third kappa shape index (κ3) is 5.05. The molecule has 0 radical (unpaired) electrons. The van der Waals surface area contributed by atoms with E-state index < -0.39 is 0 Å². The summed E-state index contributed by atoms with van der Waals surface area (Å²) in [6.07, 6.45) is 0.987. The zero-order chi connectivity index (χ0) is 13.4. The molecule has 1 rings (SSSR count). The highest BCUT2D eigenvalue weighted by atomic mass is 32.2. The summed E-state index contributed by atoms with van der Waals surface area (Å²) in [6.45, 7) is 3.58. The molecule has 0 saturated heterocycles. The number of aromatic nitrogens is 3. The Labute approximate surface area is 113 Å². The Morgan fingerprint density at radius 1 is 1.28 bits per heavy atom. The molecule has 0 saturated carbocycles. The Morgan fingerprint density at radius 3 is 2.67 bits per heavy atom. The van der Waals surface area contributed by atoms with Gasteiger partial charge in [0.15, 0.2) is 5.16 Å². The van der Waals surface area contributed by atoms with Crippen molar-refractivity contribution < 1.29 is 4.74 Å². The molecule has 0 amide bonds. The van der Waals surface area contributed by atoms with E-state index in [0.717, 1.165) is 30.5 Å². The van der Waals surface area contributed by atoms with Crippen LogP contribution in [0.3, 0.4) is 0 Å². The number of thioether (sulfide) groups is 1. The summed E-state index contributed by atoms with van der Waals surface area (Å²) in [4.78, 5) is 15.0. The number of rotatable bonds is 8. The fraction of sp³-hybridized carbons (Fsp3) is 0.727. The monoisotopic (exact) mass is 271 g/mol. The van der Waals surface area contributed by atoms with Crippen LogP contribution in [-0.2, 0) is 4.74 Å². The first-order valence-corrected chi connectivity index (χ1v) is 6.95. The van der Waals surface area contributed by atoms with Gasteiger partial charge in [-0.2, -0.15) is 15.0 Å². The predicted octanol–water partition coefficient (Wildman–Crippen LogP) is 1.50. The summed E-state index contributed by atoms with van der Waals surface area (Å²) in [5.74, 6) is 2.25. The van der Waals surface area contributed by atoms with Gasteiger partial charge in [0.05, 0.1) is 0 Å². The van der Waals surface area contributed by atoms with Crippen molar-refractivity contribution in [3.8, 4) is 0 Å². The van der Waals surface area contributed by atoms with E-state index in [9.17, 15) is 0 Å². The molecule has 18 heavy (non-hydrogen) atoms. The third-order valence-electron chi connectivity index (χ3n) is 2.06. The zero-order valence-corrected chi connectivity index (χ0v) is 12.3. The van der Waals surface area contributed by atoms with E-state index in [0.29, 0.717) is 11.9 Å². The van der Waals surface area contributed by atoms with Gasteiger partial charge in [0.25, 0.3) is 0 Å². The van der Waals surface area contributed by atoms with Crippen molar-refractivity contribution in [2.75, 3.05) is 50.3 Å². The minimum atomic E-state index is 0.630. The molecule has 0 aliphatic carbocycles. The number of anilines is 2. The van der Waals surface area contributed by atoms with Crippen LogP contribution in [0.5, 0.6) is 0 Å². The SMILES string of the molecule is CCNc1nc(SCCCOC)nc(N(C)C)n1. The summed E-state index contributed by atoms with van der Waals surface area (Å²) >= 11 is 1.62. The van der Waals surface area contributed by atoms with Gasteiger partial charge in [-0.05, 0) is 13.3 Å². The molecule has 0 aliphatic rings. The van der Waals surface area contributed by atoms with Gasteiger partial charge in [-0.1, -0.05) is 11.8 Å². The van der Waals surface area contributed by atoms with E-state index in [1.165, 1.54) is 0 Å². The van der Waals surface area contributed by atoms with Crippen LogP contribution in [0.2, 0.25) is 0 Å². The van der Waals surface area contributed by atoms with Crippen molar-refractivity contribution in [3.05, 3.63) is 0 Å². The van der Waals surface area contributed by atoms with Crippen LogP contribution in [0, 0.1) is 0 Å². The van der Waals surface area contributed by atoms with Crippen LogP contribution >= 0.6 is 11.8 Å². The quantitative estimate of drug-likeness (QED) is 0.568. The average Bonchev–Trinajstić information content (AvgIpc) is 2.35. The Kier molecular flexibility index (Phi) is 6.74. The molecular weight excluding hydrogens is 250 g/mol. The fourth-order valence-electron chi connectivity index (χ4n) is 1.21. The third-order valence-corrected chi connectivity index (χ3v) is 3.00. The fourth-order valence-corrected chi connectivity index (χ4v) is 1.96. The molecule has 1 aromatic heterocycles. The highest BCUT2D eigenvalue weighted by Gasteiger charge is 2.07. The van der Waals surface area contributed by atoms with Gasteiger partial charge < -0.3 is 15.0 Å². The van der Waals surface area contributed by atoms with Gasteiger partial charge in [0.2, 0.25) is 11.9 Å². The first kappa shape index (κ1) is 15.0. The largest absolute Gasteiger partial charge is 0.385 e. The molecule has 0 aromatic carbocycles. The number of methoxy groups -OCH3 is 1. The second-order valence-corrected chi connectivity index (χ2v) is 4.92. The zero-order valence-electron chi connectivity index (χ0n) is 11.4. The Morgan fingerprint density at radius 2 is 2.06 bits per heavy atom. The van der Waals surface area contributed by atoms with Gasteiger partial charge in [-0.25, -0.2) is 0 Å². The maximum Gasteiger partial charge on any atom is 0.230 e. The van der Waals surface area contributed by atoms with Gasteiger partial charge in [0.1, 0.15) is 0 Å². The molecule has 1 heterocycles. The van der Waals surface area contributed by atoms with E-state index in [1.807, 2.05) is 25.9 Å². The maximum atomic E-state index is 5.02. The van der Waals surface area contributed by atoms with Crippen LogP contribution in [0.4, 0.5) is 11.9 Å². The highest BCUT2D eigenvalue weighted by Crippen LogP contribution is 2.18. The lowest BCUT2D eigenvalue weighted by molar-refractivity contribution is 0.200. The van der Waals surface area contributed by atoms with E-state index in [1.54, 1.807) is 18.9 Å². The van der Waals surface area contributed by atoms with E-state index >= 15 is 0 Å². The Bertz CT molecular complexity index is 361. The van der Waals surface area contributed by atoms with Gasteiger partial charge >= 0.3 is 0 Å². The molecule has 0 bridgehead atoms. The molecule has 0 aliphatic heterocycles. The van der Waals surface area contributed by atoms with Crippen LogP contribution in [-0.4, -0.2) is 55.1 Å². The maximum absolute atomic E-state index is 5.02. The highest BCUT2D eigenvalue weighted by molar-refractivity contribution is 7.99. The number of hydrogen-bond acceptors (Lipinski definition) is 7. The average molecular weight is 271 g/mol. The van der Waals surface area contributed by atoms with Crippen molar-refractivity contribution in [3.63, 3.8) is 0 Å². The minimum Gasteiger partial charge on any atom is -0.385 e. The van der Waals surface area contributed by atoms with Crippen molar-refractivity contribution in [2.45, 2.75) is 18.5 Å². The predicted molar refractivity (Wildman–Crippen MR) is 75.5 cm³/mol. The lowest BCUT2D eigenvalue weighted by Gasteiger charge is -2.12. The number of nitrogens with zero attached hydrogens (tertiary/aromatic N) is 4. The Hall–Kier alpha value is -1.08. The summed E-state index contributed by atoms with van der Waals surface area (Å²) in [5, 5.41) is 3.87. The molecule has 0 unspecified atom stereocenters. The van der Waals surface area contributed by atoms with Crippen molar-refractivity contribution in [1.29, 1.82) is 0 Å². The topological polar surface area (TPSA) is 63.2 Å². The smallest absolute Gasteiger partial charge is 0.230 e. The number of hydrogen-bond donors (Lipinski definition) is 1. The van der Waals surface area contributed by atoms with E-state index in [-0.39, 0.29) is 0 Å². The summed E-state index contributed by atoms with van der Waals surface area (Å²) in [5.41, 5.74) is 0. The molecule has 102 valence electrons. The Balaban J connectivity index is 2.69. The van der Waals surface area contributed by atoms with Crippen molar-refractivity contribution in [1.82, 2.24) is 15.0 Å². The number of ether oxygens (including phenoxy) is 1. The molecule has 0 fully saturated rings. The molecule has 6 nitrogen and oxygen atoms in total. The van der Waals surface area contributed by atoms with Gasteiger partial charge in [0, 0.05) is 40.1 Å². The van der Waals surface area contributed by atoms with Crippen molar-refractivity contribution in [2.24, 2.45) is 0 Å². The lowest BCUT2D eigenvalue weighted by atomic mass is 10.5. The second-order valence-electron chi connectivity index (χ2n) is 3.86. The van der Waals surface area contributed by atoms with E-state index in [2.05, 4.69) is 20.3 Å². The standard InChI is InChI=1S/C11H21N5OS/c1-5-12-9-13-10(16(2)3)15-11(14-9)18-8-6-7-17-4/h5-8H2,1-4H3,(H,12,13,14,15). The van der Waals surface area contributed by atoms with E-state index in [4.69, 9.17) is 4.74 Å². The summed E-state index contributed by atoms with van der Waals surface area (Å²) < 4.78 is 5.02. The van der Waals surface area contributed by atoms with Crippen molar-refractivity contribution >= 4 is 23.7 Å². The van der Waals surface area contributed by atoms with Gasteiger partial charge in [-0.3, -0.25) is 0 Å². The molecule has 1 aromatic rings. The van der Waals surface area contributed by atoms with Crippen LogP contribution in [0.1, 0.15) is 13.3 Å². The van der Waals surface area contributed by atoms with Crippen LogP contribution in [0.25, 0.3) is 0 Å². The van der Waals surface area contributed by atoms with Crippen LogP contribution in [0.15, 0.2) is 5.16 Å². The molecule has 0 spiro atoms. The molecule has 1 N–H and O–H groups in total. The first-order valence-electron chi connectivity index (χ1n) is 5.96. The summed E-state index contributed by atoms with van der Waals surface area (Å²) in [6, 6.07) is 0. The first-order chi connectivity index (χ1) is 8.67. The normalized spacial score (nSPS) is 10.4. The minimum absolute atomic E-state index is 0.630. The second kappa shape index (κ2) is 8.10. The molecule has 0 atom stereocenters. The van der Waals surface area contributed by atoms with Crippen LogP contribution < -0.4 is 10.2 Å². The lowest BCUT2D eigenvalue weighted by Crippen LogP contribution is -2.15. The summed E-state index contributed by atoms with van der Waals surface area (Å²) in [7, 11) is 5.55. The molecule has 7 heteroatoms.